The number of benzene rings is 3. The molecule has 5 heteroatoms. The smallest absolute Gasteiger partial charge is 0.255 e. The number of carbonyl (C=O) groups excluding carboxylic acids is 2. The van der Waals surface area contributed by atoms with E-state index in [2.05, 4.69) is 33.2 Å². The number of hydrogen-bond donors (Lipinski definition) is 2. The number of carbonyl (C=O) groups is 2. The van der Waals surface area contributed by atoms with E-state index < -0.39 is 0 Å². The minimum absolute atomic E-state index is 0.205. The van der Waals surface area contributed by atoms with Crippen molar-refractivity contribution in [1.82, 2.24) is 0 Å². The highest BCUT2D eigenvalue weighted by atomic mass is 127. The number of rotatable bonds is 4. The molecule has 0 bridgehead atoms. The maximum atomic E-state index is 12.4. The lowest BCUT2D eigenvalue weighted by Crippen LogP contribution is -2.14. The van der Waals surface area contributed by atoms with Gasteiger partial charge in [-0.3, -0.25) is 9.59 Å². The molecular formula is C21H17IN2O2. The van der Waals surface area contributed by atoms with Crippen molar-refractivity contribution in [3.63, 3.8) is 0 Å². The summed E-state index contributed by atoms with van der Waals surface area (Å²) in [6.07, 6.45) is 0. The summed E-state index contributed by atoms with van der Waals surface area (Å²) in [4.78, 5) is 24.8. The molecule has 3 rings (SSSR count). The minimum Gasteiger partial charge on any atom is -0.322 e. The molecule has 0 saturated carbocycles. The molecule has 26 heavy (non-hydrogen) atoms. The van der Waals surface area contributed by atoms with Crippen LogP contribution in [0.15, 0.2) is 72.8 Å². The lowest BCUT2D eigenvalue weighted by Gasteiger charge is -2.09. The van der Waals surface area contributed by atoms with E-state index in [9.17, 15) is 9.59 Å². The van der Waals surface area contributed by atoms with Gasteiger partial charge in [-0.05, 0) is 84.1 Å². The molecule has 0 saturated heterocycles. The van der Waals surface area contributed by atoms with Crippen molar-refractivity contribution in [2.75, 3.05) is 10.6 Å². The molecule has 3 aromatic carbocycles. The van der Waals surface area contributed by atoms with Crippen LogP contribution in [-0.2, 0) is 0 Å². The van der Waals surface area contributed by atoms with Gasteiger partial charge in [0, 0.05) is 26.1 Å². The van der Waals surface area contributed by atoms with Crippen molar-refractivity contribution >= 4 is 45.8 Å². The maximum Gasteiger partial charge on any atom is 0.255 e. The van der Waals surface area contributed by atoms with Gasteiger partial charge >= 0.3 is 0 Å². The van der Waals surface area contributed by atoms with Crippen LogP contribution in [0.1, 0.15) is 26.3 Å². The van der Waals surface area contributed by atoms with E-state index in [4.69, 9.17) is 0 Å². The van der Waals surface area contributed by atoms with Crippen molar-refractivity contribution < 1.29 is 9.59 Å². The van der Waals surface area contributed by atoms with Crippen LogP contribution in [0, 0.1) is 10.5 Å². The fourth-order valence-corrected chi connectivity index (χ4v) is 2.82. The average molecular weight is 456 g/mol. The van der Waals surface area contributed by atoms with E-state index >= 15 is 0 Å². The normalized spacial score (nSPS) is 10.2. The molecule has 3 aromatic rings. The third-order valence-electron chi connectivity index (χ3n) is 3.76. The Morgan fingerprint density at radius 3 is 1.96 bits per heavy atom. The van der Waals surface area contributed by atoms with E-state index in [0.29, 0.717) is 16.8 Å². The molecule has 0 spiro atoms. The van der Waals surface area contributed by atoms with Crippen LogP contribution in [0.4, 0.5) is 11.4 Å². The van der Waals surface area contributed by atoms with Gasteiger partial charge in [-0.15, -0.1) is 0 Å². The highest BCUT2D eigenvalue weighted by molar-refractivity contribution is 14.1. The summed E-state index contributed by atoms with van der Waals surface area (Å²) >= 11 is 2.21. The molecule has 4 nitrogen and oxygen atoms in total. The standard InChI is InChI=1S/C21H17IN2O2/c1-14-4-2-5-15(12-14)20(25)24-19-7-3-6-16(13-19)21(26)23-18-10-8-17(22)9-11-18/h2-13H,1H3,(H,23,26)(H,24,25). The molecule has 0 atom stereocenters. The fourth-order valence-electron chi connectivity index (χ4n) is 2.46. The molecule has 2 amide bonds. The number of aryl methyl sites for hydroxylation is 1. The number of hydrogen-bond acceptors (Lipinski definition) is 2. The van der Waals surface area contributed by atoms with E-state index in [1.807, 2.05) is 49.4 Å². The van der Waals surface area contributed by atoms with E-state index in [-0.39, 0.29) is 11.8 Å². The first-order chi connectivity index (χ1) is 12.5. The first-order valence-corrected chi connectivity index (χ1v) is 9.14. The molecule has 0 radical (unpaired) electrons. The van der Waals surface area contributed by atoms with Gasteiger partial charge < -0.3 is 10.6 Å². The van der Waals surface area contributed by atoms with Crippen LogP contribution in [0.2, 0.25) is 0 Å². The summed E-state index contributed by atoms with van der Waals surface area (Å²) < 4.78 is 1.10. The van der Waals surface area contributed by atoms with Crippen molar-refractivity contribution in [1.29, 1.82) is 0 Å². The second-order valence-corrected chi connectivity index (χ2v) is 7.11. The second kappa shape index (κ2) is 8.14. The summed E-state index contributed by atoms with van der Waals surface area (Å²) in [5.74, 6) is -0.429. The topological polar surface area (TPSA) is 58.2 Å². The van der Waals surface area contributed by atoms with Gasteiger partial charge in [-0.2, -0.15) is 0 Å². The molecule has 2 N–H and O–H groups in total. The Hall–Kier alpha value is -2.67. The van der Waals surface area contributed by atoms with Gasteiger partial charge in [0.05, 0.1) is 0 Å². The van der Waals surface area contributed by atoms with E-state index in [0.717, 1.165) is 14.8 Å². The van der Waals surface area contributed by atoms with E-state index in [1.54, 1.807) is 30.3 Å². The number of anilines is 2. The lowest BCUT2D eigenvalue weighted by molar-refractivity contribution is 0.101. The van der Waals surface area contributed by atoms with Crippen molar-refractivity contribution in [3.8, 4) is 0 Å². The zero-order valence-corrected chi connectivity index (χ0v) is 16.3. The third-order valence-corrected chi connectivity index (χ3v) is 4.48. The third kappa shape index (κ3) is 4.70. The summed E-state index contributed by atoms with van der Waals surface area (Å²) in [5.41, 5.74) is 3.38. The Labute approximate surface area is 165 Å². The van der Waals surface area contributed by atoms with Crippen molar-refractivity contribution in [2.24, 2.45) is 0 Å². The largest absolute Gasteiger partial charge is 0.322 e. The fraction of sp³-hybridized carbons (Fsp3) is 0.0476. The highest BCUT2D eigenvalue weighted by Gasteiger charge is 2.10. The maximum absolute atomic E-state index is 12.4. The van der Waals surface area contributed by atoms with Gasteiger partial charge in [0.1, 0.15) is 0 Å². The Balaban J connectivity index is 1.72. The van der Waals surface area contributed by atoms with Crippen LogP contribution in [0.5, 0.6) is 0 Å². The minimum atomic E-state index is -0.224. The van der Waals surface area contributed by atoms with Gasteiger partial charge in [-0.1, -0.05) is 23.8 Å². The molecule has 0 fully saturated rings. The monoisotopic (exact) mass is 456 g/mol. The lowest BCUT2D eigenvalue weighted by atomic mass is 10.1. The zero-order valence-electron chi connectivity index (χ0n) is 14.1. The molecule has 0 aliphatic carbocycles. The quantitative estimate of drug-likeness (QED) is 0.537. The zero-order chi connectivity index (χ0) is 18.5. The van der Waals surface area contributed by atoms with Crippen molar-refractivity contribution in [3.05, 3.63) is 93.1 Å². The van der Waals surface area contributed by atoms with Gasteiger partial charge in [-0.25, -0.2) is 0 Å². The number of halogens is 1. The SMILES string of the molecule is Cc1cccc(C(=O)Nc2cccc(C(=O)Nc3ccc(I)cc3)c2)c1. The van der Waals surface area contributed by atoms with Gasteiger partial charge in [0.2, 0.25) is 0 Å². The van der Waals surface area contributed by atoms with Gasteiger partial charge in [0.15, 0.2) is 0 Å². The highest BCUT2D eigenvalue weighted by Crippen LogP contribution is 2.16. The number of amides is 2. The van der Waals surface area contributed by atoms with Crippen LogP contribution in [0.3, 0.4) is 0 Å². The Bertz CT molecular complexity index is 952. The summed E-state index contributed by atoms with van der Waals surface area (Å²) in [6, 6.07) is 21.8. The average Bonchev–Trinajstić information content (AvgIpc) is 2.64. The van der Waals surface area contributed by atoms with Crippen LogP contribution in [0.25, 0.3) is 0 Å². The first-order valence-electron chi connectivity index (χ1n) is 8.06. The first kappa shape index (κ1) is 18.1. The predicted octanol–water partition coefficient (Wildman–Crippen LogP) is 5.10. The second-order valence-electron chi connectivity index (χ2n) is 5.87. The van der Waals surface area contributed by atoms with Gasteiger partial charge in [0.25, 0.3) is 11.8 Å². The molecule has 0 heterocycles. The molecule has 130 valence electrons. The molecule has 0 unspecified atom stereocenters. The summed E-state index contributed by atoms with van der Waals surface area (Å²) in [6.45, 7) is 1.94. The van der Waals surface area contributed by atoms with E-state index in [1.165, 1.54) is 0 Å². The van der Waals surface area contributed by atoms with Crippen LogP contribution >= 0.6 is 22.6 Å². The summed E-state index contributed by atoms with van der Waals surface area (Å²) in [5, 5.41) is 5.68. The predicted molar refractivity (Wildman–Crippen MR) is 113 cm³/mol. The Morgan fingerprint density at radius 2 is 1.31 bits per heavy atom. The molecule has 0 aliphatic heterocycles. The molecule has 0 aliphatic rings. The molecular weight excluding hydrogens is 439 g/mol. The van der Waals surface area contributed by atoms with Crippen LogP contribution in [-0.4, -0.2) is 11.8 Å². The van der Waals surface area contributed by atoms with Crippen LogP contribution < -0.4 is 10.6 Å². The van der Waals surface area contributed by atoms with Crippen molar-refractivity contribution in [2.45, 2.75) is 6.92 Å². The number of nitrogens with one attached hydrogen (secondary N) is 2. The Morgan fingerprint density at radius 1 is 0.731 bits per heavy atom. The summed E-state index contributed by atoms with van der Waals surface area (Å²) in [7, 11) is 0. The molecule has 0 aromatic heterocycles. The Kier molecular flexibility index (Phi) is 5.68.